The molecule has 2 N–H and O–H groups in total. The summed E-state index contributed by atoms with van der Waals surface area (Å²) >= 11 is 0. The third-order valence-electron chi connectivity index (χ3n) is 4.32. The van der Waals surface area contributed by atoms with Crippen LogP contribution in [0.5, 0.6) is 0 Å². The van der Waals surface area contributed by atoms with Gasteiger partial charge in [0.05, 0.1) is 26.4 Å². The molecule has 1 unspecified atom stereocenters. The fourth-order valence-corrected chi connectivity index (χ4v) is 3.15. The van der Waals surface area contributed by atoms with E-state index in [2.05, 4.69) is 9.89 Å². The molecule has 0 aromatic heterocycles. The van der Waals surface area contributed by atoms with Crippen molar-refractivity contribution in [2.75, 3.05) is 39.5 Å². The van der Waals surface area contributed by atoms with Gasteiger partial charge in [0.2, 0.25) is 0 Å². The topological polar surface area (TPSA) is 69.3 Å². The molecule has 6 nitrogen and oxygen atoms in total. The number of rotatable bonds is 2. The summed E-state index contributed by atoms with van der Waals surface area (Å²) in [6.07, 6.45) is 5.78. The normalized spacial score (nSPS) is 29.4. The molecule has 2 saturated heterocycles. The van der Waals surface area contributed by atoms with Crippen LogP contribution in [0.4, 0.5) is 0 Å². The Morgan fingerprint density at radius 2 is 1.90 bits per heavy atom. The lowest BCUT2D eigenvalue weighted by Crippen LogP contribution is -2.45. The van der Waals surface area contributed by atoms with Crippen LogP contribution in [0.2, 0.25) is 0 Å². The van der Waals surface area contributed by atoms with Gasteiger partial charge >= 0.3 is 0 Å². The van der Waals surface area contributed by atoms with Gasteiger partial charge in [-0.15, -0.1) is 24.0 Å². The lowest BCUT2D eigenvalue weighted by atomic mass is 9.94. The predicted molar refractivity (Wildman–Crippen MR) is 90.9 cm³/mol. The summed E-state index contributed by atoms with van der Waals surface area (Å²) in [5, 5.41) is 0. The first-order valence-corrected chi connectivity index (χ1v) is 7.72. The van der Waals surface area contributed by atoms with E-state index in [-0.39, 0.29) is 35.9 Å². The van der Waals surface area contributed by atoms with Crippen molar-refractivity contribution in [3.8, 4) is 0 Å². The molecular formula is C14H26IN3O3. The average Bonchev–Trinajstić information content (AvgIpc) is 2.89. The van der Waals surface area contributed by atoms with Crippen LogP contribution in [0, 0.1) is 0 Å². The Morgan fingerprint density at radius 3 is 2.62 bits per heavy atom. The molecule has 0 amide bonds. The van der Waals surface area contributed by atoms with Gasteiger partial charge < -0.3 is 24.8 Å². The van der Waals surface area contributed by atoms with Crippen LogP contribution < -0.4 is 5.73 Å². The Labute approximate surface area is 143 Å². The molecule has 0 bridgehead atoms. The Kier molecular flexibility index (Phi) is 6.51. The van der Waals surface area contributed by atoms with E-state index in [1.54, 1.807) is 0 Å². The lowest BCUT2D eigenvalue weighted by Gasteiger charge is -2.31. The number of hydrogen-bond acceptors (Lipinski definition) is 4. The van der Waals surface area contributed by atoms with E-state index in [0.717, 1.165) is 39.1 Å². The standard InChI is InChI=1S/C14H25N3O3.HI/c15-13(17-6-8-18-9-7-17)16-10-12-11-19-14(20-12)4-2-1-3-5-14;/h12H,1-11H2,(H2,15,16);1H. The summed E-state index contributed by atoms with van der Waals surface area (Å²) in [6, 6.07) is 0. The maximum absolute atomic E-state index is 6.10. The first-order valence-electron chi connectivity index (χ1n) is 7.72. The van der Waals surface area contributed by atoms with Crippen LogP contribution in [0.3, 0.4) is 0 Å². The molecule has 3 rings (SSSR count). The van der Waals surface area contributed by atoms with Gasteiger partial charge in [-0.25, -0.2) is 0 Å². The number of ether oxygens (including phenoxy) is 3. The molecule has 1 aliphatic carbocycles. The zero-order valence-electron chi connectivity index (χ0n) is 12.5. The van der Waals surface area contributed by atoms with Gasteiger partial charge in [0, 0.05) is 25.9 Å². The number of morpholine rings is 1. The molecule has 3 fully saturated rings. The molecule has 21 heavy (non-hydrogen) atoms. The lowest BCUT2D eigenvalue weighted by molar-refractivity contribution is -0.186. The van der Waals surface area contributed by atoms with Gasteiger partial charge in [0.25, 0.3) is 0 Å². The minimum absolute atomic E-state index is 0. The highest BCUT2D eigenvalue weighted by atomic mass is 127. The zero-order chi connectivity index (χ0) is 13.8. The second kappa shape index (κ2) is 7.94. The highest BCUT2D eigenvalue weighted by Crippen LogP contribution is 2.37. The molecule has 3 aliphatic rings. The minimum Gasteiger partial charge on any atom is -0.378 e. The summed E-state index contributed by atoms with van der Waals surface area (Å²) in [7, 11) is 0. The number of halogens is 1. The fourth-order valence-electron chi connectivity index (χ4n) is 3.15. The van der Waals surface area contributed by atoms with Gasteiger partial charge in [-0.1, -0.05) is 6.42 Å². The zero-order valence-corrected chi connectivity index (χ0v) is 14.8. The van der Waals surface area contributed by atoms with Gasteiger partial charge in [-0.05, 0) is 12.8 Å². The smallest absolute Gasteiger partial charge is 0.191 e. The Hall–Kier alpha value is -0.120. The first-order chi connectivity index (χ1) is 9.77. The number of aliphatic imine (C=N–C) groups is 1. The van der Waals surface area contributed by atoms with E-state index in [1.807, 2.05) is 0 Å². The molecule has 1 spiro atoms. The van der Waals surface area contributed by atoms with E-state index in [1.165, 1.54) is 19.3 Å². The van der Waals surface area contributed by atoms with Crippen molar-refractivity contribution in [3.05, 3.63) is 0 Å². The number of hydrogen-bond donors (Lipinski definition) is 1. The van der Waals surface area contributed by atoms with Gasteiger partial charge in [-0.2, -0.15) is 0 Å². The van der Waals surface area contributed by atoms with E-state index in [0.29, 0.717) is 19.1 Å². The molecule has 0 aromatic carbocycles. The van der Waals surface area contributed by atoms with Crippen LogP contribution >= 0.6 is 24.0 Å². The summed E-state index contributed by atoms with van der Waals surface area (Å²) in [6.45, 7) is 4.32. The molecule has 7 heteroatoms. The van der Waals surface area contributed by atoms with Crippen molar-refractivity contribution in [1.82, 2.24) is 4.90 Å². The molecule has 122 valence electrons. The monoisotopic (exact) mass is 411 g/mol. The average molecular weight is 411 g/mol. The van der Waals surface area contributed by atoms with E-state index >= 15 is 0 Å². The summed E-state index contributed by atoms with van der Waals surface area (Å²) < 4.78 is 17.3. The SMILES string of the molecule is I.NC(=NCC1COC2(CCCCC2)O1)N1CCOCC1. The van der Waals surface area contributed by atoms with Crippen molar-refractivity contribution in [2.45, 2.75) is 44.0 Å². The second-order valence-corrected chi connectivity index (χ2v) is 5.82. The van der Waals surface area contributed by atoms with Crippen molar-refractivity contribution in [2.24, 2.45) is 10.7 Å². The van der Waals surface area contributed by atoms with E-state index in [9.17, 15) is 0 Å². The number of nitrogens with zero attached hydrogens (tertiary/aromatic N) is 2. The van der Waals surface area contributed by atoms with E-state index < -0.39 is 0 Å². The fraction of sp³-hybridized carbons (Fsp3) is 0.929. The molecule has 0 radical (unpaired) electrons. The molecule has 2 aliphatic heterocycles. The largest absolute Gasteiger partial charge is 0.378 e. The van der Waals surface area contributed by atoms with Crippen molar-refractivity contribution >= 4 is 29.9 Å². The predicted octanol–water partition coefficient (Wildman–Crippen LogP) is 1.33. The van der Waals surface area contributed by atoms with Crippen LogP contribution in [-0.2, 0) is 14.2 Å². The van der Waals surface area contributed by atoms with Crippen molar-refractivity contribution < 1.29 is 14.2 Å². The minimum atomic E-state index is -0.313. The van der Waals surface area contributed by atoms with Crippen molar-refractivity contribution in [3.63, 3.8) is 0 Å². The summed E-state index contributed by atoms with van der Waals surface area (Å²) in [4.78, 5) is 6.53. The quantitative estimate of drug-likeness (QED) is 0.422. The summed E-state index contributed by atoms with van der Waals surface area (Å²) in [5.74, 6) is 0.285. The van der Waals surface area contributed by atoms with E-state index in [4.69, 9.17) is 19.9 Å². The highest BCUT2D eigenvalue weighted by Gasteiger charge is 2.42. The van der Waals surface area contributed by atoms with Crippen LogP contribution in [0.25, 0.3) is 0 Å². The third kappa shape index (κ3) is 4.43. The van der Waals surface area contributed by atoms with Crippen LogP contribution in [0.1, 0.15) is 32.1 Å². The maximum Gasteiger partial charge on any atom is 0.191 e. The Morgan fingerprint density at radius 1 is 1.19 bits per heavy atom. The second-order valence-electron chi connectivity index (χ2n) is 5.82. The molecule has 2 heterocycles. The number of nitrogens with two attached hydrogens (primary N) is 1. The Balaban J connectivity index is 0.00000161. The van der Waals surface area contributed by atoms with Crippen LogP contribution in [-0.4, -0.2) is 62.2 Å². The molecular weight excluding hydrogens is 385 g/mol. The third-order valence-corrected chi connectivity index (χ3v) is 4.32. The first kappa shape index (κ1) is 17.2. The summed E-state index contributed by atoms with van der Waals surface area (Å²) in [5.41, 5.74) is 6.02. The Bertz CT molecular complexity index is 355. The molecule has 1 atom stereocenters. The maximum atomic E-state index is 6.10. The molecule has 0 aromatic rings. The van der Waals surface area contributed by atoms with Gasteiger partial charge in [0.15, 0.2) is 11.7 Å². The highest BCUT2D eigenvalue weighted by molar-refractivity contribution is 14.0. The van der Waals surface area contributed by atoms with Crippen molar-refractivity contribution in [1.29, 1.82) is 0 Å². The van der Waals surface area contributed by atoms with Gasteiger partial charge in [0.1, 0.15) is 6.10 Å². The van der Waals surface area contributed by atoms with Gasteiger partial charge in [-0.3, -0.25) is 4.99 Å². The molecule has 1 saturated carbocycles. The van der Waals surface area contributed by atoms with Crippen LogP contribution in [0.15, 0.2) is 4.99 Å². The number of guanidine groups is 1.